The lowest BCUT2D eigenvalue weighted by Gasteiger charge is -2.08. The third kappa shape index (κ3) is 1.45. The van der Waals surface area contributed by atoms with E-state index in [0.29, 0.717) is 11.0 Å². The molecule has 1 aromatic heterocycles. The second-order valence-corrected chi connectivity index (χ2v) is 3.45. The van der Waals surface area contributed by atoms with Crippen LogP contribution in [0.3, 0.4) is 0 Å². The summed E-state index contributed by atoms with van der Waals surface area (Å²) < 4.78 is 44.9. The number of fused-ring (bicyclic) bond motifs is 1. The van der Waals surface area contributed by atoms with Gasteiger partial charge in [-0.2, -0.15) is 21.9 Å². The van der Waals surface area contributed by atoms with Gasteiger partial charge in [-0.1, -0.05) is 0 Å². The Morgan fingerprint density at radius 1 is 1.14 bits per heavy atom. The van der Waals surface area contributed by atoms with Gasteiger partial charge in [0.25, 0.3) is 0 Å². The number of nitrogens with zero attached hydrogens (tertiary/aromatic N) is 2. The minimum Gasteiger partial charge on any atom is -0.173 e. The second kappa shape index (κ2) is 2.91. The predicted molar refractivity (Wildman–Crippen MR) is 47.2 cm³/mol. The van der Waals surface area contributed by atoms with Gasteiger partial charge in [-0.15, -0.1) is 0 Å². The zero-order valence-electron chi connectivity index (χ0n) is 7.09. The van der Waals surface area contributed by atoms with Gasteiger partial charge in [0.2, 0.25) is 0 Å². The highest BCUT2D eigenvalue weighted by molar-refractivity contribution is 7.00. The summed E-state index contributed by atoms with van der Waals surface area (Å²) in [6, 6.07) is 2.44. The van der Waals surface area contributed by atoms with E-state index in [2.05, 4.69) is 8.75 Å². The molecule has 0 unspecified atom stereocenters. The van der Waals surface area contributed by atoms with E-state index >= 15 is 0 Å². The van der Waals surface area contributed by atoms with Gasteiger partial charge >= 0.3 is 6.18 Å². The van der Waals surface area contributed by atoms with E-state index in [1.54, 1.807) is 0 Å². The Balaban J connectivity index is 2.71. The first-order chi connectivity index (χ1) is 6.48. The molecule has 2 nitrogen and oxygen atoms in total. The number of hydrogen-bond acceptors (Lipinski definition) is 3. The number of hydrogen-bond donors (Lipinski definition) is 0. The van der Waals surface area contributed by atoms with Crippen LogP contribution >= 0.6 is 11.7 Å². The topological polar surface area (TPSA) is 25.8 Å². The van der Waals surface area contributed by atoms with Crippen LogP contribution in [0.1, 0.15) is 11.1 Å². The van der Waals surface area contributed by atoms with Gasteiger partial charge in [-0.25, -0.2) is 0 Å². The molecule has 6 heteroatoms. The number of aromatic nitrogens is 2. The van der Waals surface area contributed by atoms with E-state index in [9.17, 15) is 13.2 Å². The Morgan fingerprint density at radius 2 is 1.71 bits per heavy atom. The Bertz CT molecular complexity index is 475. The highest BCUT2D eigenvalue weighted by atomic mass is 32.1. The van der Waals surface area contributed by atoms with Gasteiger partial charge in [-0.05, 0) is 24.6 Å². The summed E-state index contributed by atoms with van der Waals surface area (Å²) in [5.74, 6) is 0. The zero-order chi connectivity index (χ0) is 10.3. The Morgan fingerprint density at radius 3 is 2.29 bits per heavy atom. The summed E-state index contributed by atoms with van der Waals surface area (Å²) in [4.78, 5) is 0. The first-order valence-electron chi connectivity index (χ1n) is 3.78. The number of aryl methyl sites for hydroxylation is 1. The number of halogens is 3. The fourth-order valence-electron chi connectivity index (χ4n) is 1.24. The van der Waals surface area contributed by atoms with Crippen molar-refractivity contribution in [2.45, 2.75) is 13.1 Å². The van der Waals surface area contributed by atoms with Crippen molar-refractivity contribution >= 4 is 22.8 Å². The molecule has 74 valence electrons. The average molecular weight is 218 g/mol. The van der Waals surface area contributed by atoms with Crippen LogP contribution in [0, 0.1) is 6.92 Å². The van der Waals surface area contributed by atoms with Crippen molar-refractivity contribution in [1.82, 2.24) is 8.75 Å². The summed E-state index contributed by atoms with van der Waals surface area (Å²) in [5, 5.41) is 0. The van der Waals surface area contributed by atoms with Gasteiger partial charge in [0, 0.05) is 0 Å². The highest BCUT2D eigenvalue weighted by Crippen LogP contribution is 2.33. The molecule has 0 atom stereocenters. The van der Waals surface area contributed by atoms with Gasteiger partial charge in [-0.3, -0.25) is 0 Å². The minimum absolute atomic E-state index is 0.178. The molecule has 0 aliphatic carbocycles. The number of rotatable bonds is 0. The normalized spacial score (nSPS) is 12.3. The summed E-state index contributed by atoms with van der Waals surface area (Å²) in [7, 11) is 0. The van der Waals surface area contributed by atoms with Crippen molar-refractivity contribution in [2.75, 3.05) is 0 Å². The third-order valence-electron chi connectivity index (χ3n) is 1.91. The highest BCUT2D eigenvalue weighted by Gasteiger charge is 2.32. The van der Waals surface area contributed by atoms with Gasteiger partial charge in [0.1, 0.15) is 11.0 Å². The Labute approximate surface area is 81.7 Å². The fourth-order valence-corrected chi connectivity index (χ4v) is 1.75. The van der Waals surface area contributed by atoms with Crippen LogP contribution < -0.4 is 0 Å². The molecule has 0 saturated heterocycles. The van der Waals surface area contributed by atoms with E-state index < -0.39 is 11.7 Å². The Hall–Kier alpha value is -1.17. The maximum Gasteiger partial charge on any atom is 0.416 e. The first-order valence-corrected chi connectivity index (χ1v) is 4.51. The largest absolute Gasteiger partial charge is 0.416 e. The molecule has 0 spiro atoms. The molecule has 0 amide bonds. The van der Waals surface area contributed by atoms with Crippen LogP contribution in [0.15, 0.2) is 12.1 Å². The number of alkyl halides is 3. The monoisotopic (exact) mass is 218 g/mol. The van der Waals surface area contributed by atoms with E-state index in [4.69, 9.17) is 0 Å². The van der Waals surface area contributed by atoms with Crippen LogP contribution in [0.2, 0.25) is 0 Å². The molecule has 0 aliphatic rings. The summed E-state index contributed by atoms with van der Waals surface area (Å²) >= 11 is 0.914. The molecule has 1 heterocycles. The first kappa shape index (κ1) is 9.39. The van der Waals surface area contributed by atoms with E-state index in [-0.39, 0.29) is 5.56 Å². The molecular formula is C8H5F3N2S. The molecule has 0 fully saturated rings. The van der Waals surface area contributed by atoms with Gasteiger partial charge < -0.3 is 0 Å². The Kier molecular flexibility index (Phi) is 1.95. The van der Waals surface area contributed by atoms with Crippen molar-refractivity contribution < 1.29 is 13.2 Å². The molecule has 1 aromatic carbocycles. The predicted octanol–water partition coefficient (Wildman–Crippen LogP) is 3.02. The summed E-state index contributed by atoms with van der Waals surface area (Å²) in [5.41, 5.74) is 0.351. The third-order valence-corrected chi connectivity index (χ3v) is 2.46. The number of benzene rings is 1. The van der Waals surface area contributed by atoms with Gasteiger partial charge in [0.05, 0.1) is 17.3 Å². The van der Waals surface area contributed by atoms with E-state index in [1.165, 1.54) is 13.0 Å². The lowest BCUT2D eigenvalue weighted by Crippen LogP contribution is -2.07. The molecule has 0 aliphatic heterocycles. The second-order valence-electron chi connectivity index (χ2n) is 2.92. The van der Waals surface area contributed by atoms with Gasteiger partial charge in [0.15, 0.2) is 0 Å². The molecule has 0 saturated carbocycles. The van der Waals surface area contributed by atoms with Crippen molar-refractivity contribution in [3.8, 4) is 0 Å². The van der Waals surface area contributed by atoms with Crippen molar-refractivity contribution in [3.05, 3.63) is 23.3 Å². The molecule has 2 aromatic rings. The lowest BCUT2D eigenvalue weighted by molar-refractivity contribution is -0.137. The smallest absolute Gasteiger partial charge is 0.173 e. The average Bonchev–Trinajstić information content (AvgIpc) is 2.47. The van der Waals surface area contributed by atoms with Crippen LogP contribution in [0.5, 0.6) is 0 Å². The van der Waals surface area contributed by atoms with Crippen LogP contribution in [0.25, 0.3) is 11.0 Å². The molecule has 0 N–H and O–H groups in total. The molecule has 2 rings (SSSR count). The fraction of sp³-hybridized carbons (Fsp3) is 0.250. The molecule has 0 radical (unpaired) electrons. The van der Waals surface area contributed by atoms with E-state index in [1.807, 2.05) is 0 Å². The molecule has 14 heavy (non-hydrogen) atoms. The van der Waals surface area contributed by atoms with E-state index in [0.717, 1.165) is 17.8 Å². The van der Waals surface area contributed by atoms with Crippen LogP contribution in [-0.4, -0.2) is 8.75 Å². The standard InChI is InChI=1S/C8H5F3N2S/c1-4-2-6-7(13-14-12-6)3-5(4)8(9,10)11/h2-3H,1H3. The molecular weight excluding hydrogens is 213 g/mol. The van der Waals surface area contributed by atoms with Crippen LogP contribution in [0.4, 0.5) is 13.2 Å². The maximum absolute atomic E-state index is 12.4. The SMILES string of the molecule is Cc1cc2nsnc2cc1C(F)(F)F. The minimum atomic E-state index is -4.32. The van der Waals surface area contributed by atoms with Crippen molar-refractivity contribution in [3.63, 3.8) is 0 Å². The summed E-state index contributed by atoms with van der Waals surface area (Å²) in [6.45, 7) is 1.42. The molecule has 0 bridgehead atoms. The zero-order valence-corrected chi connectivity index (χ0v) is 7.91. The van der Waals surface area contributed by atoms with Crippen LogP contribution in [-0.2, 0) is 6.18 Å². The lowest BCUT2D eigenvalue weighted by atomic mass is 10.1. The van der Waals surface area contributed by atoms with Crippen molar-refractivity contribution in [1.29, 1.82) is 0 Å². The van der Waals surface area contributed by atoms with Crippen molar-refractivity contribution in [2.24, 2.45) is 0 Å². The quantitative estimate of drug-likeness (QED) is 0.679. The summed E-state index contributed by atoms with van der Waals surface area (Å²) in [6.07, 6.45) is -4.32. The maximum atomic E-state index is 12.4.